The highest BCUT2D eigenvalue weighted by Crippen LogP contribution is 2.26. The topological polar surface area (TPSA) is 42.2 Å². The first-order valence-corrected chi connectivity index (χ1v) is 6.48. The summed E-state index contributed by atoms with van der Waals surface area (Å²) in [5.41, 5.74) is 1.17. The monoisotopic (exact) mass is 269 g/mol. The van der Waals surface area contributed by atoms with E-state index in [4.69, 9.17) is 16.0 Å². The van der Waals surface area contributed by atoms with Gasteiger partial charge in [-0.1, -0.05) is 0 Å². The summed E-state index contributed by atoms with van der Waals surface area (Å²) in [5, 5.41) is 3.63. The maximum absolute atomic E-state index is 11.8. The SMILES string of the molecule is Cc1cc(NC(=O)c2ccc(CCl)o2)sc1C. The Labute approximate surface area is 108 Å². The number of furan rings is 1. The average Bonchev–Trinajstić information content (AvgIpc) is 2.87. The van der Waals surface area contributed by atoms with Crippen LogP contribution >= 0.6 is 22.9 Å². The van der Waals surface area contributed by atoms with Crippen LogP contribution in [0.15, 0.2) is 22.6 Å². The number of rotatable bonds is 3. The van der Waals surface area contributed by atoms with E-state index in [1.165, 1.54) is 10.4 Å². The number of halogens is 1. The summed E-state index contributed by atoms with van der Waals surface area (Å²) in [7, 11) is 0. The summed E-state index contributed by atoms with van der Waals surface area (Å²) in [6, 6.07) is 5.27. The third-order valence-corrected chi connectivity index (χ3v) is 3.75. The van der Waals surface area contributed by atoms with Gasteiger partial charge in [0, 0.05) is 4.88 Å². The zero-order valence-corrected chi connectivity index (χ0v) is 11.1. The van der Waals surface area contributed by atoms with Gasteiger partial charge in [-0.25, -0.2) is 0 Å². The molecule has 0 aromatic carbocycles. The molecule has 0 aliphatic carbocycles. The molecule has 0 saturated carbocycles. The molecule has 1 amide bonds. The third kappa shape index (κ3) is 2.70. The maximum atomic E-state index is 11.8. The fourth-order valence-corrected chi connectivity index (χ4v) is 2.45. The largest absolute Gasteiger partial charge is 0.455 e. The Kier molecular flexibility index (Phi) is 3.54. The molecule has 0 aliphatic rings. The number of thiophene rings is 1. The van der Waals surface area contributed by atoms with Crippen LogP contribution in [0.2, 0.25) is 0 Å². The quantitative estimate of drug-likeness (QED) is 0.858. The highest BCUT2D eigenvalue weighted by Gasteiger charge is 2.12. The summed E-state index contributed by atoms with van der Waals surface area (Å²) in [6.45, 7) is 4.04. The van der Waals surface area contributed by atoms with E-state index in [2.05, 4.69) is 5.32 Å². The summed E-state index contributed by atoms with van der Waals surface area (Å²) in [5.74, 6) is 0.896. The molecule has 2 aromatic heterocycles. The van der Waals surface area contributed by atoms with Crippen LogP contribution in [0.25, 0.3) is 0 Å². The van der Waals surface area contributed by atoms with Crippen molar-refractivity contribution >= 4 is 33.8 Å². The number of nitrogens with one attached hydrogen (secondary N) is 1. The van der Waals surface area contributed by atoms with Crippen molar-refractivity contribution in [3.63, 3.8) is 0 Å². The Morgan fingerprint density at radius 1 is 1.47 bits per heavy atom. The maximum Gasteiger partial charge on any atom is 0.291 e. The second-order valence-electron chi connectivity index (χ2n) is 3.70. The smallest absolute Gasteiger partial charge is 0.291 e. The van der Waals surface area contributed by atoms with Crippen molar-refractivity contribution in [2.75, 3.05) is 5.32 Å². The van der Waals surface area contributed by atoms with E-state index in [0.717, 1.165) is 5.00 Å². The van der Waals surface area contributed by atoms with Crippen molar-refractivity contribution in [1.29, 1.82) is 0 Å². The van der Waals surface area contributed by atoms with Crippen LogP contribution in [-0.4, -0.2) is 5.91 Å². The van der Waals surface area contributed by atoms with Crippen molar-refractivity contribution in [2.45, 2.75) is 19.7 Å². The summed E-state index contributed by atoms with van der Waals surface area (Å²) < 4.78 is 5.26. The lowest BCUT2D eigenvalue weighted by Crippen LogP contribution is -2.09. The summed E-state index contributed by atoms with van der Waals surface area (Å²) in [4.78, 5) is 13.0. The van der Waals surface area contributed by atoms with Crippen molar-refractivity contribution < 1.29 is 9.21 Å². The number of anilines is 1. The van der Waals surface area contributed by atoms with Gasteiger partial charge >= 0.3 is 0 Å². The van der Waals surface area contributed by atoms with Gasteiger partial charge in [-0.3, -0.25) is 4.79 Å². The molecule has 0 atom stereocenters. The molecule has 0 unspecified atom stereocenters. The van der Waals surface area contributed by atoms with Gasteiger partial charge in [0.1, 0.15) is 5.76 Å². The predicted molar refractivity (Wildman–Crippen MR) is 70.0 cm³/mol. The molecule has 17 heavy (non-hydrogen) atoms. The molecule has 2 aromatic rings. The van der Waals surface area contributed by atoms with E-state index in [9.17, 15) is 4.79 Å². The Morgan fingerprint density at radius 2 is 2.24 bits per heavy atom. The fourth-order valence-electron chi connectivity index (χ4n) is 1.38. The molecule has 0 radical (unpaired) electrons. The number of aryl methyl sites for hydroxylation is 2. The number of carbonyl (C=O) groups excluding carboxylic acids is 1. The molecule has 2 rings (SSSR count). The number of carbonyl (C=O) groups is 1. The third-order valence-electron chi connectivity index (χ3n) is 2.42. The molecule has 1 N–H and O–H groups in total. The minimum absolute atomic E-state index is 0.248. The molecule has 0 aliphatic heterocycles. The van der Waals surface area contributed by atoms with E-state index in [1.807, 2.05) is 19.9 Å². The highest BCUT2D eigenvalue weighted by molar-refractivity contribution is 7.16. The van der Waals surface area contributed by atoms with E-state index < -0.39 is 0 Å². The minimum Gasteiger partial charge on any atom is -0.455 e. The molecule has 0 bridgehead atoms. The molecular formula is C12H12ClNO2S. The first kappa shape index (κ1) is 12.2. The second kappa shape index (κ2) is 4.94. The molecule has 0 saturated heterocycles. The van der Waals surface area contributed by atoms with Crippen LogP contribution in [0.5, 0.6) is 0 Å². The van der Waals surface area contributed by atoms with Crippen LogP contribution in [0.1, 0.15) is 26.8 Å². The number of alkyl halides is 1. The lowest BCUT2D eigenvalue weighted by molar-refractivity contribution is 0.0995. The van der Waals surface area contributed by atoms with E-state index >= 15 is 0 Å². The van der Waals surface area contributed by atoms with Crippen LogP contribution in [0, 0.1) is 13.8 Å². The number of hydrogen-bond donors (Lipinski definition) is 1. The van der Waals surface area contributed by atoms with Gasteiger partial charge in [0.2, 0.25) is 0 Å². The van der Waals surface area contributed by atoms with E-state index in [-0.39, 0.29) is 17.5 Å². The molecule has 0 spiro atoms. The van der Waals surface area contributed by atoms with Crippen LogP contribution in [0.3, 0.4) is 0 Å². The molecule has 2 heterocycles. The molecule has 3 nitrogen and oxygen atoms in total. The number of hydrogen-bond acceptors (Lipinski definition) is 3. The van der Waals surface area contributed by atoms with E-state index in [1.54, 1.807) is 23.5 Å². The molecule has 5 heteroatoms. The van der Waals surface area contributed by atoms with Gasteiger partial charge in [-0.05, 0) is 37.6 Å². The van der Waals surface area contributed by atoms with Crippen LogP contribution in [0.4, 0.5) is 5.00 Å². The standard InChI is InChI=1S/C12H12ClNO2S/c1-7-5-11(17-8(7)2)14-12(15)10-4-3-9(6-13)16-10/h3-5H,6H2,1-2H3,(H,14,15). The predicted octanol–water partition coefficient (Wildman–Crippen LogP) is 3.95. The van der Waals surface area contributed by atoms with Gasteiger partial charge in [-0.2, -0.15) is 0 Å². The van der Waals surface area contributed by atoms with Gasteiger partial charge in [0.25, 0.3) is 5.91 Å². The van der Waals surface area contributed by atoms with Gasteiger partial charge < -0.3 is 9.73 Å². The lowest BCUT2D eigenvalue weighted by Gasteiger charge is -1.98. The van der Waals surface area contributed by atoms with Crippen molar-refractivity contribution in [2.24, 2.45) is 0 Å². The van der Waals surface area contributed by atoms with Crippen LogP contribution < -0.4 is 5.32 Å². The Bertz CT molecular complexity index is 525. The Balaban J connectivity index is 2.11. The zero-order chi connectivity index (χ0) is 12.4. The Morgan fingerprint density at radius 3 is 2.76 bits per heavy atom. The fraction of sp³-hybridized carbons (Fsp3) is 0.250. The summed E-state index contributed by atoms with van der Waals surface area (Å²) >= 11 is 7.16. The van der Waals surface area contributed by atoms with E-state index in [0.29, 0.717) is 5.76 Å². The lowest BCUT2D eigenvalue weighted by atomic mass is 10.3. The molecule has 0 fully saturated rings. The highest BCUT2D eigenvalue weighted by atomic mass is 35.5. The van der Waals surface area contributed by atoms with Gasteiger partial charge in [0.15, 0.2) is 5.76 Å². The van der Waals surface area contributed by atoms with Gasteiger partial charge in [-0.15, -0.1) is 22.9 Å². The first-order chi connectivity index (χ1) is 8.10. The minimum atomic E-state index is -0.248. The molecule has 90 valence electrons. The Hall–Kier alpha value is -1.26. The van der Waals surface area contributed by atoms with Crippen molar-refractivity contribution in [3.8, 4) is 0 Å². The number of amides is 1. The second-order valence-corrected chi connectivity index (χ2v) is 5.23. The zero-order valence-electron chi connectivity index (χ0n) is 9.54. The average molecular weight is 270 g/mol. The van der Waals surface area contributed by atoms with Gasteiger partial charge in [0.05, 0.1) is 10.9 Å². The van der Waals surface area contributed by atoms with Crippen molar-refractivity contribution in [3.05, 3.63) is 40.2 Å². The summed E-state index contributed by atoms with van der Waals surface area (Å²) in [6.07, 6.45) is 0. The van der Waals surface area contributed by atoms with Crippen molar-refractivity contribution in [1.82, 2.24) is 0 Å². The molecular weight excluding hydrogens is 258 g/mol. The normalized spacial score (nSPS) is 10.5. The first-order valence-electron chi connectivity index (χ1n) is 5.13. The van der Waals surface area contributed by atoms with Crippen LogP contribution in [-0.2, 0) is 5.88 Å².